The molecule has 2 aromatic heterocycles. The summed E-state index contributed by atoms with van der Waals surface area (Å²) in [7, 11) is 0. The Kier molecular flexibility index (Phi) is 2.35. The summed E-state index contributed by atoms with van der Waals surface area (Å²) >= 11 is 5.53. The molecule has 0 aliphatic carbocycles. The molecule has 1 aliphatic heterocycles. The molecule has 2 nitrogen and oxygen atoms in total. The molecular weight excluding hydrogens is 308 g/mol. The molecule has 4 rings (SSSR count). The summed E-state index contributed by atoms with van der Waals surface area (Å²) in [6.45, 7) is 1.05. The molecule has 0 N–H and O–H groups in total. The fourth-order valence-corrected chi connectivity index (χ4v) is 4.43. The molecule has 0 unspecified atom stereocenters. The zero-order chi connectivity index (χ0) is 12.1. The van der Waals surface area contributed by atoms with Gasteiger partial charge >= 0.3 is 0 Å². The van der Waals surface area contributed by atoms with Crippen LogP contribution in [0.5, 0.6) is 0 Å². The maximum Gasteiger partial charge on any atom is 0.117 e. The van der Waals surface area contributed by atoms with Gasteiger partial charge in [0.05, 0.1) is 15.0 Å². The Hall–Kier alpha value is -1.13. The number of aromatic nitrogens is 2. The van der Waals surface area contributed by atoms with Gasteiger partial charge in [-0.2, -0.15) is 5.10 Å². The number of thiophene rings is 1. The van der Waals surface area contributed by atoms with E-state index in [0.29, 0.717) is 0 Å². The third-order valence-corrected chi connectivity index (χ3v) is 5.39. The summed E-state index contributed by atoms with van der Waals surface area (Å²) in [5, 5.41) is 6.04. The van der Waals surface area contributed by atoms with Crippen LogP contribution in [-0.2, 0) is 13.0 Å². The zero-order valence-corrected chi connectivity index (χ0v) is 12.1. The average Bonchev–Trinajstić information content (AvgIpc) is 3.04. The highest BCUT2D eigenvalue weighted by molar-refractivity contribution is 9.10. The van der Waals surface area contributed by atoms with E-state index in [0.717, 1.165) is 18.7 Å². The van der Waals surface area contributed by atoms with Crippen molar-refractivity contribution in [1.29, 1.82) is 0 Å². The highest BCUT2D eigenvalue weighted by atomic mass is 79.9. The molecule has 0 saturated carbocycles. The van der Waals surface area contributed by atoms with Gasteiger partial charge in [-0.25, -0.2) is 0 Å². The first-order chi connectivity index (χ1) is 8.83. The highest BCUT2D eigenvalue weighted by Crippen LogP contribution is 2.39. The zero-order valence-electron chi connectivity index (χ0n) is 9.69. The Balaban J connectivity index is 1.92. The first-order valence-electron chi connectivity index (χ1n) is 6.07. The lowest BCUT2D eigenvalue weighted by Crippen LogP contribution is -1.93. The third kappa shape index (κ3) is 1.49. The van der Waals surface area contributed by atoms with E-state index in [1.54, 1.807) is 0 Å². The Bertz CT molecular complexity index is 708. The molecule has 0 atom stereocenters. The van der Waals surface area contributed by atoms with Gasteiger partial charge in [0.2, 0.25) is 0 Å². The van der Waals surface area contributed by atoms with Gasteiger partial charge in [0.1, 0.15) is 5.69 Å². The van der Waals surface area contributed by atoms with Crippen molar-refractivity contribution in [2.45, 2.75) is 19.4 Å². The standard InChI is InChI=1S/C14H11BrN2S/c15-13-10-5-3-7-17(10)16-14(13)12-8-9-4-1-2-6-11(9)18-12/h1-2,4,6,8H,3,5,7H2. The van der Waals surface area contributed by atoms with Gasteiger partial charge in [-0.1, -0.05) is 18.2 Å². The highest BCUT2D eigenvalue weighted by Gasteiger charge is 2.21. The second kappa shape index (κ2) is 3.93. The van der Waals surface area contributed by atoms with Gasteiger partial charge in [-0.3, -0.25) is 4.68 Å². The van der Waals surface area contributed by atoms with Crippen molar-refractivity contribution in [2.24, 2.45) is 0 Å². The van der Waals surface area contributed by atoms with Crippen molar-refractivity contribution < 1.29 is 0 Å². The van der Waals surface area contributed by atoms with Crippen LogP contribution in [0.1, 0.15) is 12.1 Å². The molecule has 0 amide bonds. The molecule has 3 aromatic rings. The van der Waals surface area contributed by atoms with Crippen LogP contribution < -0.4 is 0 Å². The van der Waals surface area contributed by atoms with Gasteiger partial charge in [-0.15, -0.1) is 11.3 Å². The average molecular weight is 319 g/mol. The Morgan fingerprint density at radius 3 is 3.00 bits per heavy atom. The van der Waals surface area contributed by atoms with Crippen molar-refractivity contribution in [3.8, 4) is 10.6 Å². The van der Waals surface area contributed by atoms with Gasteiger partial charge < -0.3 is 0 Å². The van der Waals surface area contributed by atoms with Crippen LogP contribution in [-0.4, -0.2) is 9.78 Å². The first kappa shape index (κ1) is 10.8. The molecule has 0 bridgehead atoms. The van der Waals surface area contributed by atoms with Crippen molar-refractivity contribution in [1.82, 2.24) is 9.78 Å². The summed E-state index contributed by atoms with van der Waals surface area (Å²) in [6.07, 6.45) is 2.35. The van der Waals surface area contributed by atoms with Crippen LogP contribution in [0.2, 0.25) is 0 Å². The van der Waals surface area contributed by atoms with E-state index in [1.165, 1.54) is 31.6 Å². The molecule has 90 valence electrons. The molecule has 0 spiro atoms. The molecule has 0 radical (unpaired) electrons. The molecule has 0 fully saturated rings. The quantitative estimate of drug-likeness (QED) is 0.647. The molecule has 18 heavy (non-hydrogen) atoms. The van der Waals surface area contributed by atoms with E-state index in [-0.39, 0.29) is 0 Å². The second-order valence-electron chi connectivity index (χ2n) is 4.58. The van der Waals surface area contributed by atoms with E-state index in [2.05, 4.69) is 50.9 Å². The van der Waals surface area contributed by atoms with Crippen LogP contribution in [0.4, 0.5) is 0 Å². The predicted molar refractivity (Wildman–Crippen MR) is 79.1 cm³/mol. The van der Waals surface area contributed by atoms with Crippen LogP contribution >= 0.6 is 27.3 Å². The van der Waals surface area contributed by atoms with Crippen molar-refractivity contribution >= 4 is 37.4 Å². The van der Waals surface area contributed by atoms with Crippen molar-refractivity contribution in [3.63, 3.8) is 0 Å². The number of halogens is 1. The molecule has 1 aliphatic rings. The maximum atomic E-state index is 4.74. The van der Waals surface area contributed by atoms with E-state index in [1.807, 2.05) is 11.3 Å². The van der Waals surface area contributed by atoms with Gasteiger partial charge in [0, 0.05) is 11.2 Å². The number of rotatable bonds is 1. The van der Waals surface area contributed by atoms with Gasteiger partial charge in [0.15, 0.2) is 0 Å². The van der Waals surface area contributed by atoms with Crippen molar-refractivity contribution in [2.75, 3.05) is 0 Å². The van der Waals surface area contributed by atoms with Crippen molar-refractivity contribution in [3.05, 3.63) is 40.5 Å². The van der Waals surface area contributed by atoms with Crippen LogP contribution in [0.15, 0.2) is 34.8 Å². The number of benzene rings is 1. The molecule has 1 aromatic carbocycles. The molecule has 0 saturated heterocycles. The SMILES string of the molecule is Brc1c(-c2cc3ccccc3s2)nn2c1CCC2. The van der Waals surface area contributed by atoms with Crippen LogP contribution in [0.25, 0.3) is 20.7 Å². The molecule has 4 heteroatoms. The van der Waals surface area contributed by atoms with E-state index in [4.69, 9.17) is 5.10 Å². The summed E-state index contributed by atoms with van der Waals surface area (Å²) in [4.78, 5) is 1.25. The van der Waals surface area contributed by atoms with Gasteiger partial charge in [-0.05, 0) is 46.3 Å². The largest absolute Gasteiger partial charge is 0.268 e. The fourth-order valence-electron chi connectivity index (χ4n) is 2.55. The lowest BCUT2D eigenvalue weighted by molar-refractivity contribution is 0.659. The Morgan fingerprint density at radius 1 is 1.28 bits per heavy atom. The predicted octanol–water partition coefficient (Wildman–Crippen LogP) is 4.47. The lowest BCUT2D eigenvalue weighted by Gasteiger charge is -1.93. The number of hydrogen-bond acceptors (Lipinski definition) is 2. The summed E-state index contributed by atoms with van der Waals surface area (Å²) in [6, 6.07) is 10.7. The maximum absolute atomic E-state index is 4.74. The minimum absolute atomic E-state index is 1.05. The van der Waals surface area contributed by atoms with E-state index < -0.39 is 0 Å². The lowest BCUT2D eigenvalue weighted by atomic mass is 10.2. The number of fused-ring (bicyclic) bond motifs is 2. The van der Waals surface area contributed by atoms with Crippen LogP contribution in [0.3, 0.4) is 0 Å². The van der Waals surface area contributed by atoms with Crippen LogP contribution in [0, 0.1) is 0 Å². The Labute approximate surface area is 117 Å². The Morgan fingerprint density at radius 2 is 2.17 bits per heavy atom. The minimum Gasteiger partial charge on any atom is -0.268 e. The summed E-state index contributed by atoms with van der Waals surface area (Å²) < 4.78 is 4.66. The third-order valence-electron chi connectivity index (χ3n) is 3.44. The smallest absolute Gasteiger partial charge is 0.117 e. The normalized spacial score (nSPS) is 14.3. The summed E-state index contributed by atoms with van der Waals surface area (Å²) in [5.74, 6) is 0. The topological polar surface area (TPSA) is 17.8 Å². The number of nitrogens with zero attached hydrogens (tertiary/aromatic N) is 2. The minimum atomic E-state index is 1.05. The summed E-state index contributed by atoms with van der Waals surface area (Å²) in [5.41, 5.74) is 2.45. The monoisotopic (exact) mass is 318 g/mol. The molecule has 3 heterocycles. The van der Waals surface area contributed by atoms with Gasteiger partial charge in [0.25, 0.3) is 0 Å². The second-order valence-corrected chi connectivity index (χ2v) is 6.46. The number of hydrogen-bond donors (Lipinski definition) is 0. The number of aryl methyl sites for hydroxylation is 1. The molecular formula is C14H11BrN2S. The van der Waals surface area contributed by atoms with E-state index in [9.17, 15) is 0 Å². The fraction of sp³-hybridized carbons (Fsp3) is 0.214. The first-order valence-corrected chi connectivity index (χ1v) is 7.68. The van der Waals surface area contributed by atoms with E-state index >= 15 is 0 Å².